The first-order valence-electron chi connectivity index (χ1n) is 7.79. The predicted octanol–water partition coefficient (Wildman–Crippen LogP) is 2.97. The lowest BCUT2D eigenvalue weighted by Crippen LogP contribution is -2.26. The van der Waals surface area contributed by atoms with E-state index in [9.17, 15) is 4.79 Å². The lowest BCUT2D eigenvalue weighted by molar-refractivity contribution is -0.119. The van der Waals surface area contributed by atoms with Gasteiger partial charge in [-0.2, -0.15) is 4.99 Å². The molecule has 4 nitrogen and oxygen atoms in total. The van der Waals surface area contributed by atoms with Gasteiger partial charge in [-0.15, -0.1) is 0 Å². The molecule has 4 N–H and O–H groups in total. The molecular formula is C20H19N3O. The summed E-state index contributed by atoms with van der Waals surface area (Å²) in [6.45, 7) is 0. The van der Waals surface area contributed by atoms with E-state index in [1.165, 1.54) is 5.39 Å². The van der Waals surface area contributed by atoms with Crippen LogP contribution in [0, 0.1) is 0 Å². The third-order valence-electron chi connectivity index (χ3n) is 3.99. The quantitative estimate of drug-likeness (QED) is 0.573. The van der Waals surface area contributed by atoms with E-state index in [2.05, 4.69) is 29.3 Å². The largest absolute Gasteiger partial charge is 0.370 e. The minimum Gasteiger partial charge on any atom is -0.370 e. The third kappa shape index (κ3) is 3.60. The molecular weight excluding hydrogens is 298 g/mol. The summed E-state index contributed by atoms with van der Waals surface area (Å²) in [4.78, 5) is 16.2. The molecule has 0 aromatic heterocycles. The zero-order chi connectivity index (χ0) is 16.9. The summed E-state index contributed by atoms with van der Waals surface area (Å²) < 4.78 is 0. The van der Waals surface area contributed by atoms with Gasteiger partial charge >= 0.3 is 0 Å². The Morgan fingerprint density at radius 1 is 0.875 bits per heavy atom. The molecule has 1 amide bonds. The van der Waals surface area contributed by atoms with Crippen LogP contribution in [0.4, 0.5) is 0 Å². The van der Waals surface area contributed by atoms with Gasteiger partial charge in [-0.3, -0.25) is 4.79 Å². The number of guanidine groups is 1. The van der Waals surface area contributed by atoms with E-state index in [-0.39, 0.29) is 11.9 Å². The normalized spacial score (nSPS) is 11.8. The molecule has 0 spiro atoms. The maximum Gasteiger partial charge on any atom is 0.256 e. The van der Waals surface area contributed by atoms with Crippen molar-refractivity contribution >= 4 is 22.6 Å². The molecule has 3 aromatic rings. The van der Waals surface area contributed by atoms with Crippen molar-refractivity contribution in [2.45, 2.75) is 12.3 Å². The molecule has 0 saturated carbocycles. The fraction of sp³-hybridized carbons (Fsp3) is 0.100. The van der Waals surface area contributed by atoms with Gasteiger partial charge in [-0.25, -0.2) is 0 Å². The van der Waals surface area contributed by atoms with Crippen LogP contribution in [0.3, 0.4) is 0 Å². The fourth-order valence-electron chi connectivity index (χ4n) is 2.84. The highest BCUT2D eigenvalue weighted by atomic mass is 16.1. The second-order valence-corrected chi connectivity index (χ2v) is 5.72. The van der Waals surface area contributed by atoms with E-state index in [0.717, 1.165) is 16.5 Å². The van der Waals surface area contributed by atoms with Crippen molar-refractivity contribution in [2.24, 2.45) is 16.5 Å². The Balaban J connectivity index is 1.95. The number of hydrogen-bond donors (Lipinski definition) is 2. The van der Waals surface area contributed by atoms with Gasteiger partial charge in [0, 0.05) is 0 Å². The van der Waals surface area contributed by atoms with Crippen LogP contribution in [0.25, 0.3) is 10.8 Å². The number of benzene rings is 3. The molecule has 0 fully saturated rings. The van der Waals surface area contributed by atoms with Crippen molar-refractivity contribution in [3.05, 3.63) is 83.9 Å². The first-order chi connectivity index (χ1) is 11.6. The van der Waals surface area contributed by atoms with E-state index < -0.39 is 5.92 Å². The number of carbonyl (C=O) groups excluding carboxylic acids is 1. The average molecular weight is 317 g/mol. The number of aliphatic imine (C=N–C) groups is 1. The summed E-state index contributed by atoms with van der Waals surface area (Å²) in [5, 5.41) is 2.32. The van der Waals surface area contributed by atoms with Gasteiger partial charge in [0.1, 0.15) is 0 Å². The van der Waals surface area contributed by atoms with Gasteiger partial charge in [-0.1, -0.05) is 72.8 Å². The van der Waals surface area contributed by atoms with Crippen molar-refractivity contribution < 1.29 is 4.79 Å². The summed E-state index contributed by atoms with van der Waals surface area (Å²) >= 11 is 0. The molecule has 0 saturated heterocycles. The standard InChI is InChI=1S/C20H19N3O/c21-20(22)23-19(24)18(16-7-2-1-3-8-16)13-14-10-11-15-6-4-5-9-17(15)12-14/h1-12,18H,13H2,(H4,21,22,23,24)/t18-/m1/s1. The number of hydrogen-bond acceptors (Lipinski definition) is 1. The highest BCUT2D eigenvalue weighted by molar-refractivity contribution is 5.95. The zero-order valence-corrected chi connectivity index (χ0v) is 13.2. The summed E-state index contributed by atoms with van der Waals surface area (Å²) in [7, 11) is 0. The molecule has 3 rings (SSSR count). The highest BCUT2D eigenvalue weighted by Crippen LogP contribution is 2.25. The lowest BCUT2D eigenvalue weighted by atomic mass is 9.90. The van der Waals surface area contributed by atoms with Gasteiger partial charge in [-0.05, 0) is 28.3 Å². The molecule has 0 unspecified atom stereocenters. The van der Waals surface area contributed by atoms with Gasteiger partial charge in [0.2, 0.25) is 0 Å². The van der Waals surface area contributed by atoms with Crippen LogP contribution in [0.5, 0.6) is 0 Å². The summed E-state index contributed by atoms with van der Waals surface area (Å²) in [6.07, 6.45) is 0.546. The smallest absolute Gasteiger partial charge is 0.256 e. The molecule has 0 radical (unpaired) electrons. The molecule has 3 aromatic carbocycles. The monoisotopic (exact) mass is 317 g/mol. The van der Waals surface area contributed by atoms with Crippen molar-refractivity contribution in [2.75, 3.05) is 0 Å². The summed E-state index contributed by atoms with van der Waals surface area (Å²) in [5.41, 5.74) is 12.7. The van der Waals surface area contributed by atoms with Crippen molar-refractivity contribution in [3.63, 3.8) is 0 Å². The van der Waals surface area contributed by atoms with Gasteiger partial charge in [0.25, 0.3) is 5.91 Å². The van der Waals surface area contributed by atoms with Crippen LogP contribution in [-0.4, -0.2) is 11.9 Å². The second kappa shape index (κ2) is 6.96. The molecule has 4 heteroatoms. The van der Waals surface area contributed by atoms with Gasteiger partial charge in [0.05, 0.1) is 5.92 Å². The van der Waals surface area contributed by atoms with Crippen LogP contribution in [0.15, 0.2) is 77.8 Å². The van der Waals surface area contributed by atoms with E-state index in [4.69, 9.17) is 11.5 Å². The Bertz CT molecular complexity index is 884. The summed E-state index contributed by atoms with van der Waals surface area (Å²) in [5.74, 6) is -0.941. The Labute approximate surface area is 140 Å². The average Bonchev–Trinajstić information content (AvgIpc) is 2.59. The van der Waals surface area contributed by atoms with Gasteiger partial charge in [0.15, 0.2) is 5.96 Å². The highest BCUT2D eigenvalue weighted by Gasteiger charge is 2.21. The van der Waals surface area contributed by atoms with Crippen LogP contribution in [0.1, 0.15) is 17.0 Å². The van der Waals surface area contributed by atoms with Gasteiger partial charge < -0.3 is 11.5 Å². The van der Waals surface area contributed by atoms with Crippen molar-refractivity contribution in [1.82, 2.24) is 0 Å². The number of amides is 1. The Morgan fingerprint density at radius 2 is 1.54 bits per heavy atom. The zero-order valence-electron chi connectivity index (χ0n) is 13.2. The minimum absolute atomic E-state index is 0.209. The van der Waals surface area contributed by atoms with Crippen LogP contribution in [0.2, 0.25) is 0 Å². The molecule has 0 aliphatic rings. The van der Waals surface area contributed by atoms with Crippen molar-refractivity contribution in [3.8, 4) is 0 Å². The maximum absolute atomic E-state index is 12.5. The second-order valence-electron chi connectivity index (χ2n) is 5.72. The third-order valence-corrected chi connectivity index (χ3v) is 3.99. The van der Waals surface area contributed by atoms with Crippen LogP contribution >= 0.6 is 0 Å². The Morgan fingerprint density at radius 3 is 2.25 bits per heavy atom. The predicted molar refractivity (Wildman–Crippen MR) is 97.7 cm³/mol. The topological polar surface area (TPSA) is 81.5 Å². The van der Waals surface area contributed by atoms with Crippen LogP contribution < -0.4 is 11.5 Å². The van der Waals surface area contributed by atoms with E-state index in [1.807, 2.05) is 48.5 Å². The molecule has 0 aliphatic heterocycles. The SMILES string of the molecule is NC(N)=NC(=O)[C@H](Cc1ccc2ccccc2c1)c1ccccc1. The number of nitrogens with zero attached hydrogens (tertiary/aromatic N) is 1. The van der Waals surface area contributed by atoms with E-state index in [1.54, 1.807) is 0 Å². The maximum atomic E-state index is 12.5. The number of rotatable bonds is 4. The molecule has 24 heavy (non-hydrogen) atoms. The molecule has 0 bridgehead atoms. The summed E-state index contributed by atoms with van der Waals surface area (Å²) in [6, 6.07) is 23.9. The van der Waals surface area contributed by atoms with E-state index in [0.29, 0.717) is 6.42 Å². The lowest BCUT2D eigenvalue weighted by Gasteiger charge is -2.14. The number of carbonyl (C=O) groups is 1. The number of nitrogens with two attached hydrogens (primary N) is 2. The fourth-order valence-corrected chi connectivity index (χ4v) is 2.84. The Kier molecular flexibility index (Phi) is 4.57. The minimum atomic E-state index is -0.408. The molecule has 0 heterocycles. The first kappa shape index (κ1) is 15.7. The molecule has 1 atom stereocenters. The first-order valence-corrected chi connectivity index (χ1v) is 7.79. The molecule has 0 aliphatic carbocycles. The number of fused-ring (bicyclic) bond motifs is 1. The van der Waals surface area contributed by atoms with Crippen molar-refractivity contribution in [1.29, 1.82) is 0 Å². The van der Waals surface area contributed by atoms with Crippen LogP contribution in [-0.2, 0) is 11.2 Å². The molecule has 120 valence electrons. The Hall–Kier alpha value is -3.14. The van der Waals surface area contributed by atoms with E-state index >= 15 is 0 Å².